The number of carboxylic acid groups (broad SMARTS) is 1. The summed E-state index contributed by atoms with van der Waals surface area (Å²) in [4.78, 5) is 23.2. The molecule has 0 aliphatic carbocycles. The van der Waals surface area contributed by atoms with E-state index in [1.54, 1.807) is 11.9 Å². The first-order valence-electron chi connectivity index (χ1n) is 5.30. The molecule has 16 heavy (non-hydrogen) atoms. The molecule has 1 unspecified atom stereocenters. The molecule has 6 nitrogen and oxygen atoms in total. The van der Waals surface area contributed by atoms with Gasteiger partial charge in [0.1, 0.15) is 0 Å². The van der Waals surface area contributed by atoms with Crippen LogP contribution in [0.4, 0.5) is 0 Å². The third kappa shape index (κ3) is 8.19. The van der Waals surface area contributed by atoms with Gasteiger partial charge in [0.05, 0.1) is 19.1 Å². The standard InChI is InChI=1S/C10H20N2O4/c1-3-4-11-9(14)7-12(2)6-8(13)5-10(15)16/h8,13H,3-7H2,1-2H3,(H,11,14)(H,15,16). The Kier molecular flexibility index (Phi) is 7.49. The van der Waals surface area contributed by atoms with Crippen molar-refractivity contribution in [3.05, 3.63) is 0 Å². The van der Waals surface area contributed by atoms with Gasteiger partial charge in [0.15, 0.2) is 0 Å². The Labute approximate surface area is 95.2 Å². The lowest BCUT2D eigenvalue weighted by Crippen LogP contribution is -2.39. The number of aliphatic hydroxyl groups excluding tert-OH is 1. The van der Waals surface area contributed by atoms with Crippen LogP contribution in [0.3, 0.4) is 0 Å². The van der Waals surface area contributed by atoms with Gasteiger partial charge in [-0.1, -0.05) is 6.92 Å². The number of rotatable bonds is 8. The lowest BCUT2D eigenvalue weighted by atomic mass is 10.2. The van der Waals surface area contributed by atoms with E-state index in [9.17, 15) is 14.7 Å². The Morgan fingerprint density at radius 2 is 2.06 bits per heavy atom. The van der Waals surface area contributed by atoms with Gasteiger partial charge in [0.2, 0.25) is 5.91 Å². The number of hydrogen-bond donors (Lipinski definition) is 3. The number of hydrogen-bond acceptors (Lipinski definition) is 4. The molecule has 1 amide bonds. The van der Waals surface area contributed by atoms with Gasteiger partial charge in [-0.05, 0) is 13.5 Å². The van der Waals surface area contributed by atoms with Crippen molar-refractivity contribution in [1.82, 2.24) is 10.2 Å². The molecule has 3 N–H and O–H groups in total. The summed E-state index contributed by atoms with van der Waals surface area (Å²) >= 11 is 0. The zero-order chi connectivity index (χ0) is 12.6. The van der Waals surface area contributed by atoms with Crippen LogP contribution in [0.5, 0.6) is 0 Å². The van der Waals surface area contributed by atoms with E-state index in [0.29, 0.717) is 6.54 Å². The number of nitrogens with one attached hydrogen (secondary N) is 1. The third-order valence-electron chi connectivity index (χ3n) is 1.92. The highest BCUT2D eigenvalue weighted by molar-refractivity contribution is 5.77. The maximum Gasteiger partial charge on any atom is 0.306 e. The number of carboxylic acids is 1. The lowest BCUT2D eigenvalue weighted by molar-refractivity contribution is -0.139. The van der Waals surface area contributed by atoms with Crippen molar-refractivity contribution in [3.63, 3.8) is 0 Å². The van der Waals surface area contributed by atoms with E-state index in [2.05, 4.69) is 5.32 Å². The van der Waals surface area contributed by atoms with Gasteiger partial charge in [0, 0.05) is 13.1 Å². The molecule has 1 atom stereocenters. The molecule has 0 spiro atoms. The number of nitrogens with zero attached hydrogens (tertiary/aromatic N) is 1. The first kappa shape index (κ1) is 14.9. The summed E-state index contributed by atoms with van der Waals surface area (Å²) in [5, 5.41) is 20.5. The van der Waals surface area contributed by atoms with Crippen molar-refractivity contribution in [1.29, 1.82) is 0 Å². The largest absolute Gasteiger partial charge is 0.481 e. The Balaban J connectivity index is 3.75. The quantitative estimate of drug-likeness (QED) is 0.514. The molecule has 0 heterocycles. The van der Waals surface area contributed by atoms with E-state index >= 15 is 0 Å². The minimum absolute atomic E-state index is 0.119. The van der Waals surface area contributed by atoms with Crippen LogP contribution in [-0.4, -0.2) is 59.8 Å². The van der Waals surface area contributed by atoms with Gasteiger partial charge in [0.25, 0.3) is 0 Å². The molecule has 0 aromatic carbocycles. The summed E-state index contributed by atoms with van der Waals surface area (Å²) < 4.78 is 0. The van der Waals surface area contributed by atoms with E-state index in [4.69, 9.17) is 5.11 Å². The summed E-state index contributed by atoms with van der Waals surface area (Å²) in [5.41, 5.74) is 0. The average Bonchev–Trinajstić information content (AvgIpc) is 2.12. The number of aliphatic carboxylic acids is 1. The van der Waals surface area contributed by atoms with Crippen molar-refractivity contribution < 1.29 is 19.8 Å². The molecule has 0 aromatic rings. The van der Waals surface area contributed by atoms with Crippen molar-refractivity contribution in [2.45, 2.75) is 25.9 Å². The smallest absolute Gasteiger partial charge is 0.306 e. The topological polar surface area (TPSA) is 89.9 Å². The molecule has 0 saturated carbocycles. The zero-order valence-electron chi connectivity index (χ0n) is 9.77. The summed E-state index contributed by atoms with van der Waals surface area (Å²) in [6, 6.07) is 0. The van der Waals surface area contributed by atoms with Crippen LogP contribution in [0, 0.1) is 0 Å². The fourth-order valence-corrected chi connectivity index (χ4v) is 1.26. The molecule has 0 bridgehead atoms. The number of aliphatic hydroxyl groups is 1. The summed E-state index contributed by atoms with van der Waals surface area (Å²) in [5.74, 6) is -1.16. The lowest BCUT2D eigenvalue weighted by Gasteiger charge is -2.18. The highest BCUT2D eigenvalue weighted by Crippen LogP contribution is 1.94. The Morgan fingerprint density at radius 3 is 2.56 bits per heavy atom. The van der Waals surface area contributed by atoms with Crippen molar-refractivity contribution >= 4 is 11.9 Å². The zero-order valence-corrected chi connectivity index (χ0v) is 9.77. The van der Waals surface area contributed by atoms with Crippen molar-refractivity contribution in [3.8, 4) is 0 Å². The molecule has 0 rings (SSSR count). The second-order valence-electron chi connectivity index (χ2n) is 3.80. The van der Waals surface area contributed by atoms with Gasteiger partial charge in [-0.3, -0.25) is 14.5 Å². The first-order chi connectivity index (χ1) is 7.45. The van der Waals surface area contributed by atoms with Crippen LogP contribution >= 0.6 is 0 Å². The SMILES string of the molecule is CCCNC(=O)CN(C)CC(O)CC(=O)O. The van der Waals surface area contributed by atoms with Gasteiger partial charge in [-0.2, -0.15) is 0 Å². The molecule has 0 aliphatic rings. The molecule has 0 radical (unpaired) electrons. The van der Waals surface area contributed by atoms with Crippen LogP contribution in [0.1, 0.15) is 19.8 Å². The Hall–Kier alpha value is -1.14. The molecule has 94 valence electrons. The molecular formula is C10H20N2O4. The molecule has 0 aliphatic heterocycles. The molecule has 0 fully saturated rings. The predicted octanol–water partition coefficient (Wildman–Crippen LogP) is -0.720. The van der Waals surface area contributed by atoms with Gasteiger partial charge in [-0.15, -0.1) is 0 Å². The third-order valence-corrected chi connectivity index (χ3v) is 1.92. The van der Waals surface area contributed by atoms with Gasteiger partial charge in [-0.25, -0.2) is 0 Å². The van der Waals surface area contributed by atoms with E-state index < -0.39 is 12.1 Å². The molecule has 0 aromatic heterocycles. The number of carbonyl (C=O) groups is 2. The summed E-state index contributed by atoms with van der Waals surface area (Å²) in [6.45, 7) is 2.92. The normalized spacial score (nSPS) is 12.5. The van der Waals surface area contributed by atoms with E-state index in [0.717, 1.165) is 6.42 Å². The molecule has 0 saturated heterocycles. The number of amides is 1. The van der Waals surface area contributed by atoms with Crippen LogP contribution in [0.15, 0.2) is 0 Å². The van der Waals surface area contributed by atoms with Crippen molar-refractivity contribution in [2.24, 2.45) is 0 Å². The molecule has 6 heteroatoms. The maximum atomic E-state index is 11.3. The minimum atomic E-state index is -1.05. The highest BCUT2D eigenvalue weighted by atomic mass is 16.4. The van der Waals surface area contributed by atoms with Gasteiger partial charge >= 0.3 is 5.97 Å². The van der Waals surface area contributed by atoms with Crippen LogP contribution in [-0.2, 0) is 9.59 Å². The summed E-state index contributed by atoms with van der Waals surface area (Å²) in [6.07, 6.45) is -0.376. The minimum Gasteiger partial charge on any atom is -0.481 e. The fourth-order valence-electron chi connectivity index (χ4n) is 1.26. The maximum absolute atomic E-state index is 11.3. The van der Waals surface area contributed by atoms with E-state index in [-0.39, 0.29) is 25.4 Å². The number of likely N-dealkylation sites (N-methyl/N-ethyl adjacent to an activating group) is 1. The number of carbonyl (C=O) groups excluding carboxylic acids is 1. The summed E-state index contributed by atoms with van der Waals surface area (Å²) in [7, 11) is 1.66. The van der Waals surface area contributed by atoms with Crippen LogP contribution < -0.4 is 5.32 Å². The highest BCUT2D eigenvalue weighted by Gasteiger charge is 2.13. The second-order valence-corrected chi connectivity index (χ2v) is 3.80. The van der Waals surface area contributed by atoms with Crippen LogP contribution in [0.2, 0.25) is 0 Å². The Morgan fingerprint density at radius 1 is 1.44 bits per heavy atom. The van der Waals surface area contributed by atoms with Gasteiger partial charge < -0.3 is 15.5 Å². The average molecular weight is 232 g/mol. The van der Waals surface area contributed by atoms with Crippen LogP contribution in [0.25, 0.3) is 0 Å². The van der Waals surface area contributed by atoms with Crippen molar-refractivity contribution in [2.75, 3.05) is 26.7 Å². The Bertz CT molecular complexity index is 233. The monoisotopic (exact) mass is 232 g/mol. The second kappa shape index (κ2) is 8.06. The van der Waals surface area contributed by atoms with E-state index in [1.165, 1.54) is 0 Å². The molecular weight excluding hydrogens is 212 g/mol. The first-order valence-corrected chi connectivity index (χ1v) is 5.30. The van der Waals surface area contributed by atoms with E-state index in [1.807, 2.05) is 6.92 Å². The predicted molar refractivity (Wildman–Crippen MR) is 59.1 cm³/mol. The fraction of sp³-hybridized carbons (Fsp3) is 0.800.